The number of ether oxygens (including phenoxy) is 2. The van der Waals surface area contributed by atoms with Gasteiger partial charge in [-0.25, -0.2) is 8.42 Å². The van der Waals surface area contributed by atoms with Crippen molar-refractivity contribution in [2.24, 2.45) is 0 Å². The van der Waals surface area contributed by atoms with Gasteiger partial charge in [-0.2, -0.15) is 4.31 Å². The maximum Gasteiger partial charge on any atom is 0.255 e. The van der Waals surface area contributed by atoms with Crippen LogP contribution in [0.5, 0.6) is 0 Å². The predicted molar refractivity (Wildman–Crippen MR) is 96.5 cm³/mol. The number of piperazine rings is 1. The number of benzene rings is 1. The van der Waals surface area contributed by atoms with E-state index in [4.69, 9.17) is 9.47 Å². The van der Waals surface area contributed by atoms with E-state index >= 15 is 0 Å². The second-order valence-electron chi connectivity index (χ2n) is 6.29. The highest BCUT2D eigenvalue weighted by Crippen LogP contribution is 2.21. The summed E-state index contributed by atoms with van der Waals surface area (Å²) in [5.41, 5.74) is 0.428. The molecule has 0 spiro atoms. The molecule has 2 saturated heterocycles. The number of hydrogen-bond donors (Lipinski definition) is 1. The van der Waals surface area contributed by atoms with Crippen molar-refractivity contribution in [3.63, 3.8) is 0 Å². The van der Waals surface area contributed by atoms with Crippen LogP contribution < -0.4 is 5.32 Å². The van der Waals surface area contributed by atoms with Crippen LogP contribution in [0.1, 0.15) is 6.92 Å². The molecule has 26 heavy (non-hydrogen) atoms. The Kier molecular flexibility index (Phi) is 6.25. The van der Waals surface area contributed by atoms with Gasteiger partial charge >= 0.3 is 0 Å². The fraction of sp³-hybridized carbons (Fsp3) is 0.588. The zero-order valence-corrected chi connectivity index (χ0v) is 15.7. The van der Waals surface area contributed by atoms with Crippen LogP contribution in [0.2, 0.25) is 0 Å². The molecular weight excluding hydrogens is 358 g/mol. The molecule has 2 aliphatic heterocycles. The zero-order valence-electron chi connectivity index (χ0n) is 14.9. The summed E-state index contributed by atoms with van der Waals surface area (Å²) in [6.45, 7) is 6.43. The lowest BCUT2D eigenvalue weighted by atomic mass is 10.3. The zero-order chi connectivity index (χ0) is 18.6. The van der Waals surface area contributed by atoms with Gasteiger partial charge in [0.05, 0.1) is 24.7 Å². The Morgan fingerprint density at radius 2 is 2.00 bits per heavy atom. The molecule has 0 bridgehead atoms. The van der Waals surface area contributed by atoms with Crippen molar-refractivity contribution < 1.29 is 22.7 Å². The Hall–Kier alpha value is -1.52. The highest BCUT2D eigenvalue weighted by Gasteiger charge is 2.28. The monoisotopic (exact) mass is 383 g/mol. The van der Waals surface area contributed by atoms with Crippen molar-refractivity contribution in [1.29, 1.82) is 0 Å². The number of amides is 1. The molecule has 1 aromatic carbocycles. The van der Waals surface area contributed by atoms with Crippen molar-refractivity contribution in [3.05, 3.63) is 24.3 Å². The van der Waals surface area contributed by atoms with Crippen LogP contribution in [-0.4, -0.2) is 82.2 Å². The van der Waals surface area contributed by atoms with E-state index in [1.165, 1.54) is 10.4 Å². The molecule has 144 valence electrons. The third kappa shape index (κ3) is 4.41. The molecule has 3 rings (SSSR count). The molecule has 1 amide bonds. The Labute approximate surface area is 154 Å². The van der Waals surface area contributed by atoms with Gasteiger partial charge in [0, 0.05) is 31.9 Å². The topological polar surface area (TPSA) is 88.2 Å². The first-order valence-electron chi connectivity index (χ1n) is 8.83. The Morgan fingerprint density at radius 3 is 2.65 bits per heavy atom. The number of nitrogens with one attached hydrogen (secondary N) is 1. The van der Waals surface area contributed by atoms with Gasteiger partial charge in [0.15, 0.2) is 6.10 Å². The first-order chi connectivity index (χ1) is 12.5. The van der Waals surface area contributed by atoms with Crippen LogP contribution in [0.25, 0.3) is 0 Å². The highest BCUT2D eigenvalue weighted by atomic mass is 32.2. The van der Waals surface area contributed by atoms with E-state index in [0.29, 0.717) is 32.0 Å². The molecular formula is C17H25N3O5S. The average Bonchev–Trinajstić information content (AvgIpc) is 2.69. The third-order valence-electron chi connectivity index (χ3n) is 4.63. The quantitative estimate of drug-likeness (QED) is 0.790. The van der Waals surface area contributed by atoms with Crippen molar-refractivity contribution in [2.45, 2.75) is 17.9 Å². The summed E-state index contributed by atoms with van der Waals surface area (Å²) in [5.74, 6) is -0.337. The van der Waals surface area contributed by atoms with E-state index in [-0.39, 0.29) is 17.4 Å². The van der Waals surface area contributed by atoms with Crippen LogP contribution in [0.3, 0.4) is 0 Å². The molecule has 0 radical (unpaired) electrons. The lowest BCUT2D eigenvalue weighted by molar-refractivity contribution is -0.142. The molecule has 0 aliphatic carbocycles. The van der Waals surface area contributed by atoms with E-state index in [1.807, 2.05) is 0 Å². The number of rotatable bonds is 5. The van der Waals surface area contributed by atoms with Crippen LogP contribution in [0, 0.1) is 0 Å². The number of sulfonamides is 1. The Morgan fingerprint density at radius 1 is 1.23 bits per heavy atom. The smallest absolute Gasteiger partial charge is 0.255 e. The normalized spacial score (nSPS) is 22.9. The molecule has 1 N–H and O–H groups in total. The van der Waals surface area contributed by atoms with Gasteiger partial charge in [-0.15, -0.1) is 0 Å². The van der Waals surface area contributed by atoms with Gasteiger partial charge in [-0.1, -0.05) is 13.0 Å². The van der Waals surface area contributed by atoms with Crippen LogP contribution >= 0.6 is 0 Å². The number of nitrogens with zero attached hydrogens (tertiary/aromatic N) is 2. The summed E-state index contributed by atoms with van der Waals surface area (Å²) in [5, 5.41) is 2.71. The maximum atomic E-state index is 12.9. The van der Waals surface area contributed by atoms with E-state index in [9.17, 15) is 13.2 Å². The van der Waals surface area contributed by atoms with Crippen molar-refractivity contribution in [2.75, 3.05) is 57.9 Å². The van der Waals surface area contributed by atoms with Crippen molar-refractivity contribution in [1.82, 2.24) is 9.21 Å². The molecule has 0 saturated carbocycles. The molecule has 1 aromatic rings. The standard InChI is InChI=1S/C17H25N3O5S/c1-2-19-6-8-20(9-7-19)26(22,23)15-5-3-4-14(12-15)18-17(21)16-13-24-10-11-25-16/h3-5,12,16H,2,6-11,13H2,1H3,(H,18,21). The summed E-state index contributed by atoms with van der Waals surface area (Å²) in [4.78, 5) is 14.6. The average molecular weight is 383 g/mol. The Bertz CT molecular complexity index is 726. The molecule has 2 fully saturated rings. The second kappa shape index (κ2) is 8.45. The van der Waals surface area contributed by atoms with Crippen molar-refractivity contribution in [3.8, 4) is 0 Å². The summed E-state index contributed by atoms with van der Waals surface area (Å²) < 4.78 is 37.8. The summed E-state index contributed by atoms with van der Waals surface area (Å²) in [6, 6.07) is 6.33. The number of likely N-dealkylation sites (N-methyl/N-ethyl adjacent to an activating group) is 1. The van der Waals surface area contributed by atoms with Gasteiger partial charge in [-0.05, 0) is 24.7 Å². The summed E-state index contributed by atoms with van der Waals surface area (Å²) in [7, 11) is -3.58. The Balaban J connectivity index is 1.69. The molecule has 2 aliphatic rings. The minimum absolute atomic E-state index is 0.182. The fourth-order valence-corrected chi connectivity index (χ4v) is 4.50. The maximum absolute atomic E-state index is 12.9. The van der Waals surface area contributed by atoms with Crippen molar-refractivity contribution >= 4 is 21.6 Å². The van der Waals surface area contributed by atoms with Gasteiger partial charge in [0.1, 0.15) is 0 Å². The molecule has 1 atom stereocenters. The minimum Gasteiger partial charge on any atom is -0.376 e. The third-order valence-corrected chi connectivity index (χ3v) is 6.52. The molecule has 1 unspecified atom stereocenters. The minimum atomic E-state index is -3.58. The van der Waals surface area contributed by atoms with Gasteiger partial charge < -0.3 is 19.7 Å². The SMILES string of the molecule is CCN1CCN(S(=O)(=O)c2cccc(NC(=O)C3COCCO3)c2)CC1. The first kappa shape index (κ1) is 19.2. The highest BCUT2D eigenvalue weighted by molar-refractivity contribution is 7.89. The van der Waals surface area contributed by atoms with Crippen LogP contribution in [0.4, 0.5) is 5.69 Å². The van der Waals surface area contributed by atoms with Crippen LogP contribution in [-0.2, 0) is 24.3 Å². The van der Waals surface area contributed by atoms with E-state index in [0.717, 1.165) is 19.6 Å². The molecule has 9 heteroatoms. The number of carbonyl (C=O) groups is 1. The molecule has 8 nitrogen and oxygen atoms in total. The molecule has 2 heterocycles. The van der Waals surface area contributed by atoms with Gasteiger partial charge in [0.25, 0.3) is 5.91 Å². The fourth-order valence-electron chi connectivity index (χ4n) is 3.03. The second-order valence-corrected chi connectivity index (χ2v) is 8.23. The van der Waals surface area contributed by atoms with Crippen LogP contribution in [0.15, 0.2) is 29.2 Å². The number of carbonyl (C=O) groups excluding carboxylic acids is 1. The van der Waals surface area contributed by atoms with Gasteiger partial charge in [-0.3, -0.25) is 4.79 Å². The predicted octanol–water partition coefficient (Wildman–Crippen LogP) is 0.367. The number of anilines is 1. The van der Waals surface area contributed by atoms with E-state index in [2.05, 4.69) is 17.1 Å². The summed E-state index contributed by atoms with van der Waals surface area (Å²) >= 11 is 0. The first-order valence-corrected chi connectivity index (χ1v) is 10.3. The lowest BCUT2D eigenvalue weighted by Gasteiger charge is -2.33. The van der Waals surface area contributed by atoms with E-state index < -0.39 is 16.1 Å². The summed E-state index contributed by atoms with van der Waals surface area (Å²) in [6.07, 6.45) is -0.675. The van der Waals surface area contributed by atoms with E-state index in [1.54, 1.807) is 18.2 Å². The van der Waals surface area contributed by atoms with Gasteiger partial charge in [0.2, 0.25) is 10.0 Å². The molecule has 0 aromatic heterocycles. The lowest BCUT2D eigenvalue weighted by Crippen LogP contribution is -2.48. The largest absolute Gasteiger partial charge is 0.376 e. The number of hydrogen-bond acceptors (Lipinski definition) is 6.